The Morgan fingerprint density at radius 3 is 3.12 bits per heavy atom. The van der Waals surface area contributed by atoms with Crippen molar-refractivity contribution < 1.29 is 9.47 Å². The largest absolute Gasteiger partial charge is 0.497 e. The number of benzene rings is 1. The Labute approximate surface area is 96.8 Å². The zero-order valence-electron chi connectivity index (χ0n) is 9.95. The topological polar surface area (TPSA) is 30.5 Å². The molecule has 0 amide bonds. The molecule has 1 unspecified atom stereocenters. The lowest BCUT2D eigenvalue weighted by molar-refractivity contribution is 0.122. The summed E-state index contributed by atoms with van der Waals surface area (Å²) in [5, 5.41) is 3.45. The Hall–Kier alpha value is -1.06. The van der Waals surface area contributed by atoms with Crippen LogP contribution in [-0.2, 0) is 11.2 Å². The molecule has 3 heteroatoms. The van der Waals surface area contributed by atoms with Gasteiger partial charge >= 0.3 is 0 Å². The van der Waals surface area contributed by atoms with E-state index in [-0.39, 0.29) is 6.04 Å². The van der Waals surface area contributed by atoms with Crippen LogP contribution in [0.3, 0.4) is 0 Å². The van der Waals surface area contributed by atoms with E-state index in [4.69, 9.17) is 9.47 Å². The number of likely N-dealkylation sites (N-methyl/N-ethyl adjacent to an activating group) is 1. The van der Waals surface area contributed by atoms with Crippen LogP contribution in [0.1, 0.15) is 24.1 Å². The van der Waals surface area contributed by atoms with E-state index in [9.17, 15) is 0 Å². The van der Waals surface area contributed by atoms with Gasteiger partial charge in [0.2, 0.25) is 0 Å². The van der Waals surface area contributed by atoms with Gasteiger partial charge in [-0.1, -0.05) is 13.0 Å². The van der Waals surface area contributed by atoms with Gasteiger partial charge in [0.15, 0.2) is 0 Å². The first kappa shape index (κ1) is 11.4. The SMILES string of the molecule is CCNC1COCCc2ccc(OC)cc21. The van der Waals surface area contributed by atoms with Crippen molar-refractivity contribution in [2.45, 2.75) is 19.4 Å². The van der Waals surface area contributed by atoms with Crippen LogP contribution in [0, 0.1) is 0 Å². The standard InChI is InChI=1S/C13H19NO2/c1-3-14-13-9-16-7-6-10-4-5-11(15-2)8-12(10)13/h4-5,8,13-14H,3,6-7,9H2,1-2H3. The predicted octanol–water partition coefficient (Wildman–Crippen LogP) is 1.92. The molecule has 0 aromatic heterocycles. The highest BCUT2D eigenvalue weighted by Gasteiger charge is 2.18. The minimum atomic E-state index is 0.289. The molecule has 88 valence electrons. The number of hydrogen-bond donors (Lipinski definition) is 1. The fourth-order valence-electron chi connectivity index (χ4n) is 2.14. The molecule has 1 aromatic carbocycles. The molecule has 0 radical (unpaired) electrons. The summed E-state index contributed by atoms with van der Waals surface area (Å²) in [4.78, 5) is 0. The Bertz CT molecular complexity index is 352. The van der Waals surface area contributed by atoms with Crippen molar-refractivity contribution in [3.63, 3.8) is 0 Å². The molecule has 0 saturated heterocycles. The molecule has 1 atom stereocenters. The third-order valence-corrected chi connectivity index (χ3v) is 2.98. The molecule has 1 aliphatic rings. The number of fused-ring (bicyclic) bond motifs is 1. The summed E-state index contributed by atoms with van der Waals surface area (Å²) in [6, 6.07) is 6.58. The van der Waals surface area contributed by atoms with E-state index in [1.54, 1.807) is 7.11 Å². The molecular formula is C13H19NO2. The monoisotopic (exact) mass is 221 g/mol. The average molecular weight is 221 g/mol. The summed E-state index contributed by atoms with van der Waals surface area (Å²) in [5.74, 6) is 0.920. The molecule has 0 bridgehead atoms. The molecule has 1 heterocycles. The van der Waals surface area contributed by atoms with Crippen LogP contribution in [0.25, 0.3) is 0 Å². The van der Waals surface area contributed by atoms with E-state index in [1.807, 2.05) is 6.07 Å². The summed E-state index contributed by atoms with van der Waals surface area (Å²) >= 11 is 0. The third kappa shape index (κ3) is 2.36. The van der Waals surface area contributed by atoms with Crippen LogP contribution in [0.2, 0.25) is 0 Å². The first-order valence-corrected chi connectivity index (χ1v) is 5.83. The molecule has 0 saturated carbocycles. The quantitative estimate of drug-likeness (QED) is 0.846. The van der Waals surface area contributed by atoms with Crippen molar-refractivity contribution in [3.05, 3.63) is 29.3 Å². The third-order valence-electron chi connectivity index (χ3n) is 2.98. The van der Waals surface area contributed by atoms with E-state index in [0.29, 0.717) is 0 Å². The maximum absolute atomic E-state index is 5.61. The van der Waals surface area contributed by atoms with E-state index in [0.717, 1.165) is 31.9 Å². The van der Waals surface area contributed by atoms with E-state index in [2.05, 4.69) is 24.4 Å². The molecule has 1 aromatic rings. The molecule has 0 aliphatic carbocycles. The predicted molar refractivity (Wildman–Crippen MR) is 63.9 cm³/mol. The average Bonchev–Trinajstić information content (AvgIpc) is 2.52. The van der Waals surface area contributed by atoms with Gasteiger partial charge in [0.1, 0.15) is 5.75 Å². The van der Waals surface area contributed by atoms with Crippen LogP contribution >= 0.6 is 0 Å². The van der Waals surface area contributed by atoms with Crippen molar-refractivity contribution in [1.82, 2.24) is 5.32 Å². The Balaban J connectivity index is 2.33. The minimum Gasteiger partial charge on any atom is -0.497 e. The number of nitrogens with one attached hydrogen (secondary N) is 1. The zero-order chi connectivity index (χ0) is 11.4. The van der Waals surface area contributed by atoms with E-state index < -0.39 is 0 Å². The number of ether oxygens (including phenoxy) is 2. The van der Waals surface area contributed by atoms with Crippen molar-refractivity contribution in [3.8, 4) is 5.75 Å². The normalized spacial score (nSPS) is 20.0. The molecule has 1 N–H and O–H groups in total. The van der Waals surface area contributed by atoms with Gasteiger partial charge in [0, 0.05) is 0 Å². The molecule has 3 nitrogen and oxygen atoms in total. The molecule has 2 rings (SSSR count). The van der Waals surface area contributed by atoms with E-state index >= 15 is 0 Å². The number of methoxy groups -OCH3 is 1. The highest BCUT2D eigenvalue weighted by atomic mass is 16.5. The van der Waals surface area contributed by atoms with E-state index in [1.165, 1.54) is 11.1 Å². The highest BCUT2D eigenvalue weighted by Crippen LogP contribution is 2.26. The van der Waals surface area contributed by atoms with Gasteiger partial charge in [0.25, 0.3) is 0 Å². The van der Waals surface area contributed by atoms with Crippen LogP contribution in [0.15, 0.2) is 18.2 Å². The Kier molecular flexibility index (Phi) is 3.80. The van der Waals surface area contributed by atoms with Gasteiger partial charge in [-0.3, -0.25) is 0 Å². The van der Waals surface area contributed by atoms with Crippen molar-refractivity contribution in [1.29, 1.82) is 0 Å². The lowest BCUT2D eigenvalue weighted by atomic mass is 9.99. The second-order valence-electron chi connectivity index (χ2n) is 4.00. The van der Waals surface area contributed by atoms with Gasteiger partial charge in [-0.25, -0.2) is 0 Å². The molecule has 0 fully saturated rings. The first-order chi connectivity index (χ1) is 7.85. The zero-order valence-corrected chi connectivity index (χ0v) is 9.95. The van der Waals surface area contributed by atoms with Gasteiger partial charge in [0.05, 0.1) is 26.4 Å². The Morgan fingerprint density at radius 1 is 1.50 bits per heavy atom. The fraction of sp³-hybridized carbons (Fsp3) is 0.538. The second-order valence-corrected chi connectivity index (χ2v) is 4.00. The lowest BCUT2D eigenvalue weighted by Crippen LogP contribution is -2.24. The van der Waals surface area contributed by atoms with Gasteiger partial charge in [-0.05, 0) is 36.2 Å². The lowest BCUT2D eigenvalue weighted by Gasteiger charge is -2.18. The fourth-order valence-corrected chi connectivity index (χ4v) is 2.14. The maximum atomic E-state index is 5.61. The summed E-state index contributed by atoms with van der Waals surface area (Å²) < 4.78 is 10.9. The summed E-state index contributed by atoms with van der Waals surface area (Å²) in [7, 11) is 1.71. The smallest absolute Gasteiger partial charge is 0.119 e. The summed E-state index contributed by atoms with van der Waals surface area (Å²) in [5.41, 5.74) is 2.68. The summed E-state index contributed by atoms with van der Waals surface area (Å²) in [6.45, 7) is 4.62. The highest BCUT2D eigenvalue weighted by molar-refractivity contribution is 5.38. The second kappa shape index (κ2) is 5.32. The maximum Gasteiger partial charge on any atom is 0.119 e. The van der Waals surface area contributed by atoms with Gasteiger partial charge in [-0.15, -0.1) is 0 Å². The number of rotatable bonds is 3. The van der Waals surface area contributed by atoms with Gasteiger partial charge in [-0.2, -0.15) is 0 Å². The van der Waals surface area contributed by atoms with Crippen LogP contribution in [-0.4, -0.2) is 26.9 Å². The van der Waals surface area contributed by atoms with Crippen LogP contribution in [0.4, 0.5) is 0 Å². The van der Waals surface area contributed by atoms with Crippen LogP contribution in [0.5, 0.6) is 5.75 Å². The molecule has 1 aliphatic heterocycles. The minimum absolute atomic E-state index is 0.289. The molecular weight excluding hydrogens is 202 g/mol. The number of hydrogen-bond acceptors (Lipinski definition) is 3. The first-order valence-electron chi connectivity index (χ1n) is 5.83. The van der Waals surface area contributed by atoms with Crippen molar-refractivity contribution in [2.75, 3.05) is 26.9 Å². The van der Waals surface area contributed by atoms with Crippen molar-refractivity contribution in [2.24, 2.45) is 0 Å². The Morgan fingerprint density at radius 2 is 2.38 bits per heavy atom. The molecule has 16 heavy (non-hydrogen) atoms. The van der Waals surface area contributed by atoms with Crippen molar-refractivity contribution >= 4 is 0 Å². The molecule has 0 spiro atoms. The summed E-state index contributed by atoms with van der Waals surface area (Å²) in [6.07, 6.45) is 0.987. The van der Waals surface area contributed by atoms with Crippen LogP contribution < -0.4 is 10.1 Å². The van der Waals surface area contributed by atoms with Gasteiger partial charge < -0.3 is 14.8 Å².